The van der Waals surface area contributed by atoms with E-state index in [9.17, 15) is 5.11 Å². The Kier molecular flexibility index (Phi) is 1.73. The molecular weight excluding hydrogens is 128 g/mol. The molecule has 0 aromatic heterocycles. The van der Waals surface area contributed by atoms with Gasteiger partial charge in [0.15, 0.2) is 0 Å². The lowest BCUT2D eigenvalue weighted by atomic mass is 9.79. The molecule has 0 spiro atoms. The molecule has 2 N–H and O–H groups in total. The lowest BCUT2D eigenvalue weighted by Crippen LogP contribution is -2.24. The first-order valence-electron chi connectivity index (χ1n) is 3.57. The van der Waals surface area contributed by atoms with Crippen molar-refractivity contribution in [3.63, 3.8) is 0 Å². The monoisotopic (exact) mass is 142 g/mol. The van der Waals surface area contributed by atoms with E-state index in [0.29, 0.717) is 12.2 Å². The second-order valence-corrected chi connectivity index (χ2v) is 3.77. The molecule has 0 fully saturated rings. The number of aliphatic hydroxyl groups excluding tert-OH is 2. The Bertz CT molecular complexity index is 159. The maximum absolute atomic E-state index is 9.18. The normalized spacial score (nSPS) is 31.5. The highest BCUT2D eigenvalue weighted by atomic mass is 16.3. The quantitative estimate of drug-likeness (QED) is 0.539. The molecule has 1 atom stereocenters. The van der Waals surface area contributed by atoms with Crippen LogP contribution in [-0.4, -0.2) is 16.3 Å². The van der Waals surface area contributed by atoms with Crippen LogP contribution in [0.25, 0.3) is 0 Å². The average molecular weight is 142 g/mol. The van der Waals surface area contributed by atoms with Gasteiger partial charge in [-0.2, -0.15) is 0 Å². The zero-order valence-electron chi connectivity index (χ0n) is 6.46. The van der Waals surface area contributed by atoms with Crippen LogP contribution in [0.3, 0.4) is 0 Å². The minimum atomic E-state index is -0.455. The van der Waals surface area contributed by atoms with E-state index in [4.69, 9.17) is 5.11 Å². The lowest BCUT2D eigenvalue weighted by Gasteiger charge is -2.29. The molecule has 0 saturated heterocycles. The number of hydrogen-bond donors (Lipinski definition) is 2. The number of hydrogen-bond acceptors (Lipinski definition) is 2. The number of aliphatic hydroxyl groups is 2. The SMILES string of the molecule is CC1(C)CC(O)=CC(O)C1. The van der Waals surface area contributed by atoms with Gasteiger partial charge in [-0.15, -0.1) is 0 Å². The van der Waals surface area contributed by atoms with E-state index in [1.54, 1.807) is 0 Å². The summed E-state index contributed by atoms with van der Waals surface area (Å²) in [6.45, 7) is 4.08. The first kappa shape index (κ1) is 7.61. The molecule has 0 bridgehead atoms. The lowest BCUT2D eigenvalue weighted by molar-refractivity contribution is 0.120. The molecule has 0 aliphatic heterocycles. The predicted octanol–water partition coefficient (Wildman–Crippen LogP) is 1.61. The Morgan fingerprint density at radius 3 is 2.60 bits per heavy atom. The number of allylic oxidation sites excluding steroid dienone is 1. The van der Waals surface area contributed by atoms with Gasteiger partial charge < -0.3 is 10.2 Å². The molecule has 0 saturated carbocycles. The first-order valence-corrected chi connectivity index (χ1v) is 3.57. The summed E-state index contributed by atoms with van der Waals surface area (Å²) >= 11 is 0. The molecule has 58 valence electrons. The summed E-state index contributed by atoms with van der Waals surface area (Å²) < 4.78 is 0. The van der Waals surface area contributed by atoms with Crippen molar-refractivity contribution in [2.45, 2.75) is 32.8 Å². The maximum Gasteiger partial charge on any atom is 0.0913 e. The second-order valence-electron chi connectivity index (χ2n) is 3.77. The smallest absolute Gasteiger partial charge is 0.0913 e. The van der Waals surface area contributed by atoms with Crippen molar-refractivity contribution < 1.29 is 10.2 Å². The summed E-state index contributed by atoms with van der Waals surface area (Å²) in [7, 11) is 0. The molecule has 0 amide bonds. The van der Waals surface area contributed by atoms with Crippen LogP contribution >= 0.6 is 0 Å². The van der Waals surface area contributed by atoms with Gasteiger partial charge in [0, 0.05) is 6.42 Å². The zero-order chi connectivity index (χ0) is 7.78. The Morgan fingerprint density at radius 1 is 1.60 bits per heavy atom. The third-order valence-electron chi connectivity index (χ3n) is 1.81. The van der Waals surface area contributed by atoms with E-state index in [1.807, 2.05) is 13.8 Å². The van der Waals surface area contributed by atoms with Crippen LogP contribution in [0.1, 0.15) is 26.7 Å². The highest BCUT2D eigenvalue weighted by Crippen LogP contribution is 2.33. The van der Waals surface area contributed by atoms with Gasteiger partial charge in [0.25, 0.3) is 0 Å². The molecule has 10 heavy (non-hydrogen) atoms. The van der Waals surface area contributed by atoms with Crippen LogP contribution in [0.4, 0.5) is 0 Å². The Hall–Kier alpha value is -0.500. The van der Waals surface area contributed by atoms with Gasteiger partial charge in [0.2, 0.25) is 0 Å². The molecule has 2 heteroatoms. The Labute approximate surface area is 61.2 Å². The van der Waals surface area contributed by atoms with Crippen molar-refractivity contribution >= 4 is 0 Å². The molecule has 0 radical (unpaired) electrons. The van der Waals surface area contributed by atoms with Crippen molar-refractivity contribution in [2.75, 3.05) is 0 Å². The Morgan fingerprint density at radius 2 is 2.20 bits per heavy atom. The minimum absolute atomic E-state index is 0.0538. The minimum Gasteiger partial charge on any atom is -0.513 e. The van der Waals surface area contributed by atoms with Crippen LogP contribution in [0.2, 0.25) is 0 Å². The van der Waals surface area contributed by atoms with Crippen LogP contribution in [0, 0.1) is 5.41 Å². The van der Waals surface area contributed by atoms with E-state index < -0.39 is 6.10 Å². The fourth-order valence-electron chi connectivity index (χ4n) is 1.47. The molecule has 1 aliphatic rings. The second kappa shape index (κ2) is 2.27. The first-order chi connectivity index (χ1) is 4.49. The van der Waals surface area contributed by atoms with Gasteiger partial charge in [0.1, 0.15) is 0 Å². The predicted molar refractivity (Wildman–Crippen MR) is 39.7 cm³/mol. The molecule has 1 aliphatic carbocycles. The topological polar surface area (TPSA) is 40.5 Å². The summed E-state index contributed by atoms with van der Waals surface area (Å²) in [4.78, 5) is 0. The van der Waals surface area contributed by atoms with Crippen LogP contribution in [0.5, 0.6) is 0 Å². The largest absolute Gasteiger partial charge is 0.513 e. The Balaban J connectivity index is 2.70. The van der Waals surface area contributed by atoms with Crippen LogP contribution in [0.15, 0.2) is 11.8 Å². The molecule has 1 rings (SSSR count). The third-order valence-corrected chi connectivity index (χ3v) is 1.81. The van der Waals surface area contributed by atoms with Gasteiger partial charge in [-0.3, -0.25) is 0 Å². The fourth-order valence-corrected chi connectivity index (χ4v) is 1.47. The van der Waals surface area contributed by atoms with Gasteiger partial charge >= 0.3 is 0 Å². The van der Waals surface area contributed by atoms with Gasteiger partial charge in [-0.1, -0.05) is 13.8 Å². The van der Waals surface area contributed by atoms with Crippen molar-refractivity contribution in [1.82, 2.24) is 0 Å². The highest BCUT2D eigenvalue weighted by molar-refractivity contribution is 5.05. The summed E-state index contributed by atoms with van der Waals surface area (Å²) in [6.07, 6.45) is 2.50. The molecule has 0 aromatic carbocycles. The summed E-state index contributed by atoms with van der Waals surface area (Å²) in [5.41, 5.74) is 0.0538. The van der Waals surface area contributed by atoms with Crippen LogP contribution < -0.4 is 0 Å². The van der Waals surface area contributed by atoms with Gasteiger partial charge in [0.05, 0.1) is 11.9 Å². The molecule has 0 aromatic rings. The molecule has 0 heterocycles. The third kappa shape index (κ3) is 1.74. The molecule has 2 nitrogen and oxygen atoms in total. The highest BCUT2D eigenvalue weighted by Gasteiger charge is 2.27. The maximum atomic E-state index is 9.18. The molecular formula is C8H14O2. The average Bonchev–Trinajstić information content (AvgIpc) is 1.54. The van der Waals surface area contributed by atoms with Crippen molar-refractivity contribution in [2.24, 2.45) is 5.41 Å². The summed E-state index contributed by atoms with van der Waals surface area (Å²) in [5.74, 6) is 0.323. The van der Waals surface area contributed by atoms with Crippen LogP contribution in [-0.2, 0) is 0 Å². The van der Waals surface area contributed by atoms with Crippen molar-refractivity contribution in [3.8, 4) is 0 Å². The summed E-state index contributed by atoms with van der Waals surface area (Å²) in [6, 6.07) is 0. The fraction of sp³-hybridized carbons (Fsp3) is 0.750. The standard InChI is InChI=1S/C8H14O2/c1-8(2)4-6(9)3-7(10)5-8/h3,6,9-10H,4-5H2,1-2H3. The van der Waals surface area contributed by atoms with E-state index in [-0.39, 0.29) is 5.41 Å². The summed E-state index contributed by atoms with van der Waals surface area (Å²) in [5, 5.41) is 18.3. The van der Waals surface area contributed by atoms with Crippen molar-refractivity contribution in [3.05, 3.63) is 11.8 Å². The number of rotatable bonds is 0. The zero-order valence-corrected chi connectivity index (χ0v) is 6.46. The van der Waals surface area contributed by atoms with E-state index in [1.165, 1.54) is 6.08 Å². The van der Waals surface area contributed by atoms with E-state index >= 15 is 0 Å². The van der Waals surface area contributed by atoms with Crippen molar-refractivity contribution in [1.29, 1.82) is 0 Å². The van der Waals surface area contributed by atoms with Gasteiger partial charge in [-0.25, -0.2) is 0 Å². The van der Waals surface area contributed by atoms with E-state index in [0.717, 1.165) is 6.42 Å². The molecule has 1 unspecified atom stereocenters. The van der Waals surface area contributed by atoms with Gasteiger partial charge in [-0.05, 0) is 17.9 Å². The van der Waals surface area contributed by atoms with E-state index in [2.05, 4.69) is 0 Å².